The van der Waals surface area contributed by atoms with Gasteiger partial charge in [-0.05, 0) is 69.6 Å². The fraction of sp³-hybridized carbons (Fsp3) is 0. The van der Waals surface area contributed by atoms with Gasteiger partial charge in [0.2, 0.25) is 0 Å². The van der Waals surface area contributed by atoms with Gasteiger partial charge in [0.25, 0.3) is 0 Å². The monoisotopic (exact) mass is 665 g/mol. The van der Waals surface area contributed by atoms with Gasteiger partial charge in [-0.3, -0.25) is 0 Å². The highest BCUT2D eigenvalue weighted by Gasteiger charge is 2.19. The molecule has 0 amide bonds. The number of benzene rings is 8. The largest absolute Gasteiger partial charge is 0.456 e. The van der Waals surface area contributed by atoms with Gasteiger partial charge in [0.15, 0.2) is 17.5 Å². The summed E-state index contributed by atoms with van der Waals surface area (Å²) in [6.45, 7) is 0. The van der Waals surface area contributed by atoms with E-state index in [2.05, 4.69) is 109 Å². The zero-order valence-corrected chi connectivity index (χ0v) is 27.7. The SMILES string of the molecule is c1ccc(-c2nc(-c3cc(-c4cccc5c4oc4cc6ccccc6cc45)c4ccccc4c3)nc(-c3ccc4c(c3)oc3ccccc34)n2)cc1. The zero-order valence-electron chi connectivity index (χ0n) is 27.7. The van der Waals surface area contributed by atoms with Crippen molar-refractivity contribution >= 4 is 65.4 Å². The van der Waals surface area contributed by atoms with E-state index in [1.165, 1.54) is 5.39 Å². The first-order valence-corrected chi connectivity index (χ1v) is 17.3. The molecule has 3 heterocycles. The number of para-hydroxylation sites is 2. The molecule has 0 atom stereocenters. The van der Waals surface area contributed by atoms with Gasteiger partial charge in [0, 0.05) is 43.8 Å². The maximum absolute atomic E-state index is 6.70. The van der Waals surface area contributed by atoms with Gasteiger partial charge in [0.05, 0.1) is 0 Å². The van der Waals surface area contributed by atoms with E-state index in [-0.39, 0.29) is 0 Å². The number of rotatable bonds is 4. The Kier molecular flexibility index (Phi) is 6.18. The molecule has 11 aromatic rings. The van der Waals surface area contributed by atoms with Crippen LogP contribution in [0.1, 0.15) is 0 Å². The van der Waals surface area contributed by atoms with Crippen LogP contribution in [0.25, 0.3) is 111 Å². The predicted molar refractivity (Wildman–Crippen MR) is 211 cm³/mol. The van der Waals surface area contributed by atoms with Gasteiger partial charge in [-0.25, -0.2) is 15.0 Å². The molecule has 8 aromatic carbocycles. The van der Waals surface area contributed by atoms with Crippen LogP contribution in [0.2, 0.25) is 0 Å². The topological polar surface area (TPSA) is 65.0 Å². The minimum Gasteiger partial charge on any atom is -0.456 e. The van der Waals surface area contributed by atoms with Crippen LogP contribution in [0.3, 0.4) is 0 Å². The van der Waals surface area contributed by atoms with E-state index < -0.39 is 0 Å². The Morgan fingerprint density at radius 2 is 0.942 bits per heavy atom. The molecule has 5 nitrogen and oxygen atoms in total. The fourth-order valence-electron chi connectivity index (χ4n) is 7.57. The molecule has 0 aliphatic heterocycles. The number of furan rings is 2. The maximum Gasteiger partial charge on any atom is 0.164 e. The first-order valence-electron chi connectivity index (χ1n) is 17.3. The van der Waals surface area contributed by atoms with Gasteiger partial charge in [-0.2, -0.15) is 0 Å². The van der Waals surface area contributed by atoms with Crippen LogP contribution in [-0.2, 0) is 0 Å². The Bertz CT molecular complexity index is 3190. The highest BCUT2D eigenvalue weighted by Crippen LogP contribution is 2.41. The number of nitrogens with zero attached hydrogens (tertiary/aromatic N) is 3. The summed E-state index contributed by atoms with van der Waals surface area (Å²) in [5, 5.41) is 8.88. The van der Waals surface area contributed by atoms with E-state index in [9.17, 15) is 0 Å². The van der Waals surface area contributed by atoms with Gasteiger partial charge in [-0.1, -0.05) is 121 Å². The summed E-state index contributed by atoms with van der Waals surface area (Å²) < 4.78 is 13.0. The average Bonchev–Trinajstić information content (AvgIpc) is 3.77. The third kappa shape index (κ3) is 4.53. The minimum absolute atomic E-state index is 0.576. The summed E-state index contributed by atoms with van der Waals surface area (Å²) in [5.74, 6) is 1.77. The van der Waals surface area contributed by atoms with Crippen LogP contribution < -0.4 is 0 Å². The summed E-state index contributed by atoms with van der Waals surface area (Å²) in [6, 6.07) is 56.4. The molecule has 0 bridgehead atoms. The second-order valence-electron chi connectivity index (χ2n) is 13.2. The van der Waals surface area contributed by atoms with Crippen molar-refractivity contribution < 1.29 is 8.83 Å². The molecule has 242 valence electrons. The lowest BCUT2D eigenvalue weighted by atomic mass is 9.94. The molecule has 0 spiro atoms. The molecule has 0 fully saturated rings. The number of aromatic nitrogens is 3. The van der Waals surface area contributed by atoms with Gasteiger partial charge >= 0.3 is 0 Å². The van der Waals surface area contributed by atoms with E-state index in [1.807, 2.05) is 54.6 Å². The summed E-state index contributed by atoms with van der Waals surface area (Å²) >= 11 is 0. The van der Waals surface area contributed by atoms with Crippen LogP contribution in [0, 0.1) is 0 Å². The summed E-state index contributed by atoms with van der Waals surface area (Å²) in [4.78, 5) is 15.3. The molecule has 11 rings (SSSR count). The Hall–Kier alpha value is -7.11. The molecule has 0 aliphatic carbocycles. The Balaban J connectivity index is 1.14. The molecule has 0 saturated carbocycles. The van der Waals surface area contributed by atoms with E-state index in [1.54, 1.807) is 0 Å². The molecule has 0 aliphatic rings. The third-order valence-corrected chi connectivity index (χ3v) is 10.1. The highest BCUT2D eigenvalue weighted by molar-refractivity contribution is 6.15. The van der Waals surface area contributed by atoms with Crippen molar-refractivity contribution in [2.75, 3.05) is 0 Å². The maximum atomic E-state index is 6.70. The van der Waals surface area contributed by atoms with Crippen molar-refractivity contribution in [1.82, 2.24) is 15.0 Å². The van der Waals surface area contributed by atoms with Crippen molar-refractivity contribution in [2.45, 2.75) is 0 Å². The lowest BCUT2D eigenvalue weighted by Gasteiger charge is -2.13. The fourth-order valence-corrected chi connectivity index (χ4v) is 7.57. The average molecular weight is 666 g/mol. The molecule has 0 unspecified atom stereocenters. The smallest absolute Gasteiger partial charge is 0.164 e. The minimum atomic E-state index is 0.576. The molecule has 0 radical (unpaired) electrons. The standard InChI is InChI=1S/C47H27N3O2/c1-2-11-28(12-3-1)45-48-46(32-21-22-36-35-17-8-9-20-41(35)51-42(36)27-32)50-47(49-45)33-23-31-15-6-7-16-34(31)39(25-33)37-18-10-19-38-40-24-29-13-4-5-14-30(29)26-43(40)52-44(37)38/h1-27H. The lowest BCUT2D eigenvalue weighted by molar-refractivity contribution is 0.669. The van der Waals surface area contributed by atoms with E-state index in [4.69, 9.17) is 23.8 Å². The van der Waals surface area contributed by atoms with Crippen molar-refractivity contribution in [2.24, 2.45) is 0 Å². The summed E-state index contributed by atoms with van der Waals surface area (Å²) in [6.07, 6.45) is 0. The van der Waals surface area contributed by atoms with Crippen LogP contribution in [0.5, 0.6) is 0 Å². The van der Waals surface area contributed by atoms with Crippen LogP contribution >= 0.6 is 0 Å². The van der Waals surface area contributed by atoms with Crippen LogP contribution in [-0.4, -0.2) is 15.0 Å². The third-order valence-electron chi connectivity index (χ3n) is 10.1. The zero-order chi connectivity index (χ0) is 34.2. The molecule has 0 N–H and O–H groups in total. The summed E-state index contributed by atoms with van der Waals surface area (Å²) in [7, 11) is 0. The summed E-state index contributed by atoms with van der Waals surface area (Å²) in [5.41, 5.74) is 8.10. The van der Waals surface area contributed by atoms with Crippen molar-refractivity contribution in [3.05, 3.63) is 164 Å². The Morgan fingerprint density at radius 3 is 1.79 bits per heavy atom. The molecule has 3 aromatic heterocycles. The predicted octanol–water partition coefficient (Wildman–Crippen LogP) is 12.6. The van der Waals surface area contributed by atoms with E-state index in [0.29, 0.717) is 17.5 Å². The first kappa shape index (κ1) is 28.7. The first-order chi connectivity index (χ1) is 25.7. The lowest BCUT2D eigenvalue weighted by Crippen LogP contribution is -2.00. The van der Waals surface area contributed by atoms with Crippen molar-refractivity contribution in [3.8, 4) is 45.3 Å². The molecule has 5 heteroatoms. The Morgan fingerprint density at radius 1 is 0.308 bits per heavy atom. The van der Waals surface area contributed by atoms with Gasteiger partial charge < -0.3 is 8.83 Å². The molecule has 52 heavy (non-hydrogen) atoms. The Labute approximate surface area is 297 Å². The molecular weight excluding hydrogens is 639 g/mol. The normalized spacial score (nSPS) is 11.8. The van der Waals surface area contributed by atoms with E-state index in [0.717, 1.165) is 87.9 Å². The number of fused-ring (bicyclic) bond motifs is 8. The van der Waals surface area contributed by atoms with Crippen LogP contribution in [0.4, 0.5) is 0 Å². The molecule has 0 saturated heterocycles. The quantitative estimate of drug-likeness (QED) is 0.187. The highest BCUT2D eigenvalue weighted by atomic mass is 16.3. The number of hydrogen-bond donors (Lipinski definition) is 0. The van der Waals surface area contributed by atoms with E-state index >= 15 is 0 Å². The van der Waals surface area contributed by atoms with Gasteiger partial charge in [-0.15, -0.1) is 0 Å². The van der Waals surface area contributed by atoms with Crippen molar-refractivity contribution in [1.29, 1.82) is 0 Å². The second kappa shape index (κ2) is 11.2. The van der Waals surface area contributed by atoms with Crippen LogP contribution in [0.15, 0.2) is 173 Å². The second-order valence-corrected chi connectivity index (χ2v) is 13.2. The molecular formula is C47H27N3O2. The van der Waals surface area contributed by atoms with Gasteiger partial charge in [0.1, 0.15) is 22.3 Å². The van der Waals surface area contributed by atoms with Crippen molar-refractivity contribution in [3.63, 3.8) is 0 Å². The number of hydrogen-bond acceptors (Lipinski definition) is 5.